The number of aromatic nitrogens is 2. The number of hydrogen-bond donors (Lipinski definition) is 1. The van der Waals surface area contributed by atoms with Crippen molar-refractivity contribution in [2.45, 2.75) is 12.8 Å². The standard InChI is InChI=1S/C20H17N3O3S/c24-27(25,19-11-6-15-4-1-2-5-16(15)14-19)23-17-7-9-18(10-8-17)26-20-21-12-3-13-22-20/h1-5,7-10,12-14,23H,6,11H2. The fraction of sp³-hybridized carbons (Fsp3) is 0.100. The molecule has 0 atom stereocenters. The van der Waals surface area contributed by atoms with Crippen molar-refractivity contribution in [2.75, 3.05) is 4.72 Å². The third kappa shape index (κ3) is 3.98. The average Bonchev–Trinajstić information content (AvgIpc) is 2.70. The first-order chi connectivity index (χ1) is 13.1. The van der Waals surface area contributed by atoms with Gasteiger partial charge in [-0.3, -0.25) is 4.72 Å². The maximum absolute atomic E-state index is 12.7. The predicted octanol–water partition coefficient (Wildman–Crippen LogP) is 4.00. The molecule has 1 aliphatic carbocycles. The quantitative estimate of drug-likeness (QED) is 0.725. The van der Waals surface area contributed by atoms with Crippen LogP contribution in [0, 0.1) is 0 Å². The number of aryl methyl sites for hydroxylation is 1. The number of nitrogens with zero attached hydrogens (tertiary/aromatic N) is 2. The maximum Gasteiger partial charge on any atom is 0.321 e. The lowest BCUT2D eigenvalue weighted by atomic mass is 9.98. The molecule has 2 aromatic carbocycles. The van der Waals surface area contributed by atoms with Gasteiger partial charge in [0.15, 0.2) is 0 Å². The number of allylic oxidation sites excluding steroid dienone is 1. The van der Waals surface area contributed by atoms with Crippen molar-refractivity contribution in [2.24, 2.45) is 0 Å². The van der Waals surface area contributed by atoms with Gasteiger partial charge in [-0.15, -0.1) is 0 Å². The first kappa shape index (κ1) is 17.2. The molecule has 3 aromatic rings. The Hall–Kier alpha value is -3.19. The number of benzene rings is 2. The first-order valence-corrected chi connectivity index (χ1v) is 9.95. The zero-order valence-corrected chi connectivity index (χ0v) is 15.2. The zero-order valence-electron chi connectivity index (χ0n) is 14.4. The zero-order chi connectivity index (χ0) is 18.7. The second-order valence-corrected chi connectivity index (χ2v) is 7.81. The van der Waals surface area contributed by atoms with Gasteiger partial charge in [0.25, 0.3) is 10.0 Å². The van der Waals surface area contributed by atoms with E-state index in [1.807, 2.05) is 24.3 Å². The summed E-state index contributed by atoms with van der Waals surface area (Å²) in [5.41, 5.74) is 2.59. The van der Waals surface area contributed by atoms with Crippen molar-refractivity contribution >= 4 is 21.8 Å². The van der Waals surface area contributed by atoms with Gasteiger partial charge in [-0.1, -0.05) is 24.3 Å². The molecule has 1 N–H and O–H groups in total. The van der Waals surface area contributed by atoms with E-state index in [1.54, 1.807) is 48.8 Å². The van der Waals surface area contributed by atoms with Crippen molar-refractivity contribution in [3.63, 3.8) is 0 Å². The second-order valence-electron chi connectivity index (χ2n) is 6.07. The summed E-state index contributed by atoms with van der Waals surface area (Å²) < 4.78 is 33.6. The molecule has 27 heavy (non-hydrogen) atoms. The highest BCUT2D eigenvalue weighted by atomic mass is 32.2. The van der Waals surface area contributed by atoms with Crippen LogP contribution in [0.2, 0.25) is 0 Å². The molecule has 0 fully saturated rings. The molecule has 0 spiro atoms. The Balaban J connectivity index is 1.49. The molecule has 0 aliphatic heterocycles. The number of rotatable bonds is 5. The summed E-state index contributed by atoms with van der Waals surface area (Å²) in [6.07, 6.45) is 6.11. The van der Waals surface area contributed by atoms with Gasteiger partial charge in [0.05, 0.1) is 4.91 Å². The molecule has 1 heterocycles. The molecule has 0 bridgehead atoms. The summed E-state index contributed by atoms with van der Waals surface area (Å²) in [6, 6.07) is 16.4. The van der Waals surface area contributed by atoms with Crippen LogP contribution in [-0.2, 0) is 16.4 Å². The Morgan fingerprint density at radius 1 is 0.889 bits per heavy atom. The van der Waals surface area contributed by atoms with E-state index in [0.717, 1.165) is 5.56 Å². The van der Waals surface area contributed by atoms with Crippen LogP contribution in [0.3, 0.4) is 0 Å². The van der Waals surface area contributed by atoms with Gasteiger partial charge in [0, 0.05) is 18.1 Å². The van der Waals surface area contributed by atoms with Crippen LogP contribution in [0.1, 0.15) is 17.5 Å². The van der Waals surface area contributed by atoms with E-state index in [0.29, 0.717) is 29.2 Å². The van der Waals surface area contributed by atoms with Gasteiger partial charge in [0.2, 0.25) is 0 Å². The maximum atomic E-state index is 12.7. The highest BCUT2D eigenvalue weighted by Gasteiger charge is 2.21. The Morgan fingerprint density at radius 2 is 1.63 bits per heavy atom. The van der Waals surface area contributed by atoms with Crippen LogP contribution in [0.25, 0.3) is 6.08 Å². The summed E-state index contributed by atoms with van der Waals surface area (Å²) >= 11 is 0. The molecule has 6 nitrogen and oxygen atoms in total. The largest absolute Gasteiger partial charge is 0.424 e. The lowest BCUT2D eigenvalue weighted by molar-refractivity contribution is 0.442. The topological polar surface area (TPSA) is 81.2 Å². The van der Waals surface area contributed by atoms with Gasteiger partial charge in [0.1, 0.15) is 5.75 Å². The number of fused-ring (bicyclic) bond motifs is 1. The van der Waals surface area contributed by atoms with Gasteiger partial charge in [-0.25, -0.2) is 18.4 Å². The molecule has 136 valence electrons. The lowest BCUT2D eigenvalue weighted by Crippen LogP contribution is -2.17. The second kappa shape index (κ2) is 7.20. The molecule has 0 saturated heterocycles. The summed E-state index contributed by atoms with van der Waals surface area (Å²) in [7, 11) is -3.61. The minimum Gasteiger partial charge on any atom is -0.424 e. The molecule has 7 heteroatoms. The van der Waals surface area contributed by atoms with E-state index >= 15 is 0 Å². The molecule has 4 rings (SSSR count). The van der Waals surface area contributed by atoms with E-state index in [9.17, 15) is 8.42 Å². The Labute approximate surface area is 157 Å². The third-order valence-corrected chi connectivity index (χ3v) is 5.73. The van der Waals surface area contributed by atoms with Crippen molar-refractivity contribution in [1.82, 2.24) is 9.97 Å². The van der Waals surface area contributed by atoms with E-state index in [4.69, 9.17) is 4.74 Å². The first-order valence-electron chi connectivity index (χ1n) is 8.46. The van der Waals surface area contributed by atoms with Gasteiger partial charge in [-0.2, -0.15) is 0 Å². The molecule has 0 radical (unpaired) electrons. The van der Waals surface area contributed by atoms with Gasteiger partial charge < -0.3 is 4.74 Å². The smallest absolute Gasteiger partial charge is 0.321 e. The number of sulfonamides is 1. The third-order valence-electron chi connectivity index (χ3n) is 4.22. The fourth-order valence-electron chi connectivity index (χ4n) is 2.87. The predicted molar refractivity (Wildman–Crippen MR) is 104 cm³/mol. The summed E-state index contributed by atoms with van der Waals surface area (Å²) in [6.45, 7) is 0. The molecule has 1 aromatic heterocycles. The highest BCUT2D eigenvalue weighted by molar-refractivity contribution is 7.96. The van der Waals surface area contributed by atoms with E-state index < -0.39 is 10.0 Å². The van der Waals surface area contributed by atoms with Crippen LogP contribution in [0.15, 0.2) is 71.9 Å². The normalized spacial score (nSPS) is 13.4. The van der Waals surface area contributed by atoms with Gasteiger partial charge >= 0.3 is 6.01 Å². The minimum atomic E-state index is -3.61. The average molecular weight is 379 g/mol. The monoisotopic (exact) mass is 379 g/mol. The molecule has 0 unspecified atom stereocenters. The summed E-state index contributed by atoms with van der Waals surface area (Å²) in [4.78, 5) is 8.35. The van der Waals surface area contributed by atoms with Crippen LogP contribution in [0.4, 0.5) is 5.69 Å². The van der Waals surface area contributed by atoms with Crippen LogP contribution < -0.4 is 9.46 Å². The molecule has 1 aliphatic rings. The van der Waals surface area contributed by atoms with Crippen molar-refractivity contribution in [1.29, 1.82) is 0 Å². The SMILES string of the molecule is O=S(=O)(Nc1ccc(Oc2ncccn2)cc1)C1=Cc2ccccc2CC1. The lowest BCUT2D eigenvalue weighted by Gasteiger charge is -2.17. The number of anilines is 1. The number of nitrogens with one attached hydrogen (secondary N) is 1. The van der Waals surface area contributed by atoms with E-state index in [-0.39, 0.29) is 6.01 Å². The number of ether oxygens (including phenoxy) is 1. The van der Waals surface area contributed by atoms with E-state index in [2.05, 4.69) is 14.7 Å². The highest BCUT2D eigenvalue weighted by Crippen LogP contribution is 2.28. The Morgan fingerprint density at radius 3 is 2.41 bits per heavy atom. The summed E-state index contributed by atoms with van der Waals surface area (Å²) in [5, 5.41) is 0. The molecular formula is C20H17N3O3S. The molecular weight excluding hydrogens is 362 g/mol. The fourth-order valence-corrected chi connectivity index (χ4v) is 4.10. The van der Waals surface area contributed by atoms with Crippen LogP contribution in [0.5, 0.6) is 11.8 Å². The van der Waals surface area contributed by atoms with Crippen molar-refractivity contribution < 1.29 is 13.2 Å². The number of hydrogen-bond acceptors (Lipinski definition) is 5. The Kier molecular flexibility index (Phi) is 4.60. The molecule has 0 saturated carbocycles. The molecule has 0 amide bonds. The van der Waals surface area contributed by atoms with Gasteiger partial charge in [-0.05, 0) is 60.4 Å². The minimum absolute atomic E-state index is 0.233. The van der Waals surface area contributed by atoms with Crippen molar-refractivity contribution in [3.05, 3.63) is 83.0 Å². The van der Waals surface area contributed by atoms with Crippen LogP contribution >= 0.6 is 0 Å². The Bertz CT molecular complexity index is 1080. The van der Waals surface area contributed by atoms with E-state index in [1.165, 1.54) is 5.56 Å². The van der Waals surface area contributed by atoms with Crippen molar-refractivity contribution in [3.8, 4) is 11.8 Å². The summed E-state index contributed by atoms with van der Waals surface area (Å²) in [5.74, 6) is 0.523. The van der Waals surface area contributed by atoms with Crippen LogP contribution in [-0.4, -0.2) is 18.4 Å².